The van der Waals surface area contributed by atoms with Gasteiger partial charge in [-0.2, -0.15) is 0 Å². The van der Waals surface area contributed by atoms with Gasteiger partial charge in [-0.3, -0.25) is 9.69 Å². The lowest BCUT2D eigenvalue weighted by atomic mass is 10.0. The summed E-state index contributed by atoms with van der Waals surface area (Å²) in [6, 6.07) is 8.59. The summed E-state index contributed by atoms with van der Waals surface area (Å²) in [4.78, 5) is 17.2. The smallest absolute Gasteiger partial charge is 0.220 e. The fourth-order valence-corrected chi connectivity index (χ4v) is 3.39. The van der Waals surface area contributed by atoms with Gasteiger partial charge in [0.25, 0.3) is 0 Å². The summed E-state index contributed by atoms with van der Waals surface area (Å²) in [6.45, 7) is 15.1. The third-order valence-electron chi connectivity index (χ3n) is 5.38. The van der Waals surface area contributed by atoms with Gasteiger partial charge < -0.3 is 10.2 Å². The Morgan fingerprint density at radius 2 is 1.76 bits per heavy atom. The van der Waals surface area contributed by atoms with Crippen LogP contribution in [0.5, 0.6) is 0 Å². The van der Waals surface area contributed by atoms with E-state index in [0.29, 0.717) is 6.42 Å². The number of rotatable bonds is 8. The Bertz CT molecular complexity index is 531. The molecule has 0 saturated carbocycles. The summed E-state index contributed by atoms with van der Waals surface area (Å²) >= 11 is 0. The fraction of sp³-hybridized carbons (Fsp3) is 0.667. The van der Waals surface area contributed by atoms with Crippen LogP contribution >= 0.6 is 0 Å². The number of amides is 1. The lowest BCUT2D eigenvalue weighted by Crippen LogP contribution is -2.58. The van der Waals surface area contributed by atoms with Crippen LogP contribution in [0.25, 0.3) is 0 Å². The van der Waals surface area contributed by atoms with E-state index >= 15 is 0 Å². The highest BCUT2D eigenvalue weighted by atomic mass is 16.1. The highest BCUT2D eigenvalue weighted by Crippen LogP contribution is 2.16. The number of hydrogen-bond donors (Lipinski definition) is 1. The van der Waals surface area contributed by atoms with Crippen LogP contribution in [0.15, 0.2) is 24.3 Å². The van der Waals surface area contributed by atoms with Crippen molar-refractivity contribution in [1.29, 1.82) is 0 Å². The van der Waals surface area contributed by atoms with Crippen molar-refractivity contribution >= 4 is 5.91 Å². The van der Waals surface area contributed by atoms with Crippen LogP contribution in [0.1, 0.15) is 44.7 Å². The molecule has 1 aromatic rings. The lowest BCUT2D eigenvalue weighted by Gasteiger charge is -2.44. The van der Waals surface area contributed by atoms with E-state index in [9.17, 15) is 4.79 Å². The molecule has 4 heteroatoms. The van der Waals surface area contributed by atoms with E-state index in [4.69, 9.17) is 0 Å². The molecular weight excluding hydrogens is 310 g/mol. The fourth-order valence-electron chi connectivity index (χ4n) is 3.39. The van der Waals surface area contributed by atoms with E-state index < -0.39 is 0 Å². The number of aryl methyl sites for hydroxylation is 2. The molecule has 0 spiro atoms. The standard InChI is InChI=1S/C21H35N3O/c1-5-23-13-15-24(16-14-23)21(3,4)17-22-20(25)8-6-7-19-11-9-18(2)10-12-19/h9-12H,5-8,13-17H2,1-4H3,(H,22,25). The van der Waals surface area contributed by atoms with Crippen molar-refractivity contribution < 1.29 is 4.79 Å². The molecular formula is C21H35N3O. The summed E-state index contributed by atoms with van der Waals surface area (Å²) in [5.41, 5.74) is 2.61. The summed E-state index contributed by atoms with van der Waals surface area (Å²) in [5, 5.41) is 3.15. The number of nitrogens with zero attached hydrogens (tertiary/aromatic N) is 2. The minimum atomic E-state index is 0.0203. The number of piperazine rings is 1. The molecule has 0 bridgehead atoms. The zero-order valence-corrected chi connectivity index (χ0v) is 16.5. The monoisotopic (exact) mass is 345 g/mol. The largest absolute Gasteiger partial charge is 0.354 e. The molecule has 1 aliphatic heterocycles. The van der Waals surface area contributed by atoms with E-state index in [1.54, 1.807) is 0 Å². The Morgan fingerprint density at radius 1 is 1.12 bits per heavy atom. The third kappa shape index (κ3) is 6.44. The van der Waals surface area contributed by atoms with Crippen molar-refractivity contribution in [1.82, 2.24) is 15.1 Å². The van der Waals surface area contributed by atoms with Crippen molar-refractivity contribution in [2.45, 2.75) is 52.5 Å². The molecule has 140 valence electrons. The molecule has 1 aliphatic rings. The molecule has 1 N–H and O–H groups in total. The van der Waals surface area contributed by atoms with Gasteiger partial charge in [-0.15, -0.1) is 0 Å². The molecule has 1 saturated heterocycles. The summed E-state index contributed by atoms with van der Waals surface area (Å²) in [7, 11) is 0. The Balaban J connectivity index is 1.67. The molecule has 1 aromatic carbocycles. The molecule has 25 heavy (non-hydrogen) atoms. The molecule has 4 nitrogen and oxygen atoms in total. The minimum Gasteiger partial charge on any atom is -0.354 e. The summed E-state index contributed by atoms with van der Waals surface area (Å²) in [6.07, 6.45) is 2.48. The number of benzene rings is 1. The first kappa shape index (κ1) is 19.9. The molecule has 0 unspecified atom stereocenters. The van der Waals surface area contributed by atoms with Gasteiger partial charge in [0.05, 0.1) is 0 Å². The molecule has 1 heterocycles. The van der Waals surface area contributed by atoms with Crippen molar-refractivity contribution in [2.75, 3.05) is 39.3 Å². The summed E-state index contributed by atoms with van der Waals surface area (Å²) < 4.78 is 0. The normalized spacial score (nSPS) is 16.8. The second-order valence-corrected chi connectivity index (χ2v) is 7.85. The molecule has 1 fully saturated rings. The number of carbonyl (C=O) groups excluding carboxylic acids is 1. The zero-order chi connectivity index (χ0) is 18.3. The first-order valence-corrected chi connectivity index (χ1v) is 9.70. The third-order valence-corrected chi connectivity index (χ3v) is 5.38. The molecule has 0 radical (unpaired) electrons. The number of nitrogens with one attached hydrogen (secondary N) is 1. The van der Waals surface area contributed by atoms with Gasteiger partial charge in [-0.25, -0.2) is 0 Å². The van der Waals surface area contributed by atoms with Crippen molar-refractivity contribution in [2.24, 2.45) is 0 Å². The van der Waals surface area contributed by atoms with Crippen LogP contribution in [-0.2, 0) is 11.2 Å². The Labute approximate surface area is 153 Å². The maximum absolute atomic E-state index is 12.2. The van der Waals surface area contributed by atoms with Gasteiger partial charge in [0, 0.05) is 44.7 Å². The number of hydrogen-bond acceptors (Lipinski definition) is 3. The SMILES string of the molecule is CCN1CCN(C(C)(C)CNC(=O)CCCc2ccc(C)cc2)CC1. The lowest BCUT2D eigenvalue weighted by molar-refractivity contribution is -0.121. The van der Waals surface area contributed by atoms with Crippen molar-refractivity contribution in [3.63, 3.8) is 0 Å². The maximum atomic E-state index is 12.2. The predicted molar refractivity (Wildman–Crippen MR) is 105 cm³/mol. The van der Waals surface area contributed by atoms with Crippen LogP contribution < -0.4 is 5.32 Å². The van der Waals surface area contributed by atoms with Gasteiger partial charge in [-0.1, -0.05) is 36.8 Å². The van der Waals surface area contributed by atoms with E-state index in [0.717, 1.165) is 52.1 Å². The molecule has 2 rings (SSSR count). The Morgan fingerprint density at radius 3 is 2.36 bits per heavy atom. The van der Waals surface area contributed by atoms with E-state index in [1.165, 1.54) is 11.1 Å². The second kappa shape index (κ2) is 9.35. The highest BCUT2D eigenvalue weighted by molar-refractivity contribution is 5.75. The average molecular weight is 346 g/mol. The average Bonchev–Trinajstić information content (AvgIpc) is 2.62. The van der Waals surface area contributed by atoms with Crippen LogP contribution in [0.4, 0.5) is 0 Å². The zero-order valence-electron chi connectivity index (χ0n) is 16.5. The van der Waals surface area contributed by atoms with E-state index in [2.05, 4.69) is 67.1 Å². The second-order valence-electron chi connectivity index (χ2n) is 7.85. The Hall–Kier alpha value is -1.39. The van der Waals surface area contributed by atoms with Crippen LogP contribution in [0, 0.1) is 6.92 Å². The van der Waals surface area contributed by atoms with Crippen LogP contribution in [0.3, 0.4) is 0 Å². The Kier molecular flexibility index (Phi) is 7.45. The van der Waals surface area contributed by atoms with Gasteiger partial charge in [0.2, 0.25) is 5.91 Å². The molecule has 0 aromatic heterocycles. The molecule has 0 atom stereocenters. The number of likely N-dealkylation sites (N-methyl/N-ethyl adjacent to an activating group) is 1. The highest BCUT2D eigenvalue weighted by Gasteiger charge is 2.29. The topological polar surface area (TPSA) is 35.6 Å². The maximum Gasteiger partial charge on any atom is 0.220 e. The van der Waals surface area contributed by atoms with Crippen LogP contribution in [-0.4, -0.2) is 60.5 Å². The first-order valence-electron chi connectivity index (χ1n) is 9.70. The quantitative estimate of drug-likeness (QED) is 0.787. The predicted octanol–water partition coefficient (Wildman–Crippen LogP) is 2.85. The first-order chi connectivity index (χ1) is 11.9. The molecule has 1 amide bonds. The molecule has 0 aliphatic carbocycles. The van der Waals surface area contributed by atoms with Gasteiger partial charge in [0.1, 0.15) is 0 Å². The van der Waals surface area contributed by atoms with Crippen molar-refractivity contribution in [3.8, 4) is 0 Å². The van der Waals surface area contributed by atoms with E-state index in [1.807, 2.05) is 0 Å². The van der Waals surface area contributed by atoms with Gasteiger partial charge >= 0.3 is 0 Å². The minimum absolute atomic E-state index is 0.0203. The van der Waals surface area contributed by atoms with Crippen LogP contribution in [0.2, 0.25) is 0 Å². The van der Waals surface area contributed by atoms with E-state index in [-0.39, 0.29) is 11.4 Å². The van der Waals surface area contributed by atoms with Gasteiger partial charge in [0.15, 0.2) is 0 Å². The number of carbonyl (C=O) groups is 1. The summed E-state index contributed by atoms with van der Waals surface area (Å²) in [5.74, 6) is 0.174. The van der Waals surface area contributed by atoms with Gasteiger partial charge in [-0.05, 0) is 45.7 Å². The van der Waals surface area contributed by atoms with Crippen molar-refractivity contribution in [3.05, 3.63) is 35.4 Å².